The largest absolute Gasteiger partial charge is 0.298 e. The van der Waals surface area contributed by atoms with Crippen molar-refractivity contribution in [2.24, 2.45) is 5.92 Å². The van der Waals surface area contributed by atoms with Crippen molar-refractivity contribution in [2.75, 3.05) is 13.6 Å². The number of hydrogen-bond donors (Lipinski definition) is 0. The van der Waals surface area contributed by atoms with Crippen molar-refractivity contribution in [3.05, 3.63) is 35.6 Å². The fourth-order valence-electron chi connectivity index (χ4n) is 2.98. The third-order valence-electron chi connectivity index (χ3n) is 4.35. The summed E-state index contributed by atoms with van der Waals surface area (Å²) in [5.41, 5.74) is 0.891. The highest BCUT2D eigenvalue weighted by Crippen LogP contribution is 2.26. The number of nitrogens with zero attached hydrogens (tertiary/aromatic N) is 1. The Bertz CT molecular complexity index is 435. The summed E-state index contributed by atoms with van der Waals surface area (Å²) >= 11 is 0. The van der Waals surface area contributed by atoms with Gasteiger partial charge in [-0.05, 0) is 56.3 Å². The van der Waals surface area contributed by atoms with E-state index in [2.05, 4.69) is 11.8 Å². The van der Waals surface area contributed by atoms with Gasteiger partial charge in [0.2, 0.25) is 0 Å². The summed E-state index contributed by atoms with van der Waals surface area (Å²) in [5, 5.41) is 0. The lowest BCUT2D eigenvalue weighted by Gasteiger charge is -2.33. The molecule has 0 bridgehead atoms. The first kappa shape index (κ1) is 15.2. The maximum atomic E-state index is 12.8. The fraction of sp³-hybridized carbons (Fsp3) is 0.588. The molecule has 1 saturated carbocycles. The number of halogens is 1. The molecule has 1 fully saturated rings. The van der Waals surface area contributed by atoms with Crippen LogP contribution in [0, 0.1) is 11.7 Å². The molecule has 0 aliphatic heterocycles. The zero-order valence-electron chi connectivity index (χ0n) is 12.4. The molecular weight excluding hydrogens is 253 g/mol. The van der Waals surface area contributed by atoms with E-state index in [0.717, 1.165) is 11.5 Å². The van der Waals surface area contributed by atoms with Gasteiger partial charge in [-0.25, -0.2) is 4.39 Å². The number of carbonyl (C=O) groups excluding carboxylic acids is 1. The van der Waals surface area contributed by atoms with Gasteiger partial charge >= 0.3 is 0 Å². The Labute approximate surface area is 121 Å². The summed E-state index contributed by atoms with van der Waals surface area (Å²) in [6.45, 7) is 2.80. The van der Waals surface area contributed by atoms with Crippen LogP contribution in [-0.4, -0.2) is 30.3 Å². The average molecular weight is 277 g/mol. The van der Waals surface area contributed by atoms with Crippen LogP contribution in [0.1, 0.15) is 38.2 Å². The zero-order chi connectivity index (χ0) is 14.5. The summed E-state index contributed by atoms with van der Waals surface area (Å²) in [6, 6.07) is 6.75. The Hall–Kier alpha value is -1.22. The molecule has 1 aliphatic rings. The highest BCUT2D eigenvalue weighted by molar-refractivity contribution is 5.82. The molecule has 0 aromatic heterocycles. The lowest BCUT2D eigenvalue weighted by Crippen LogP contribution is -2.38. The summed E-state index contributed by atoms with van der Waals surface area (Å²) in [7, 11) is 2.04. The van der Waals surface area contributed by atoms with Crippen molar-refractivity contribution in [1.29, 1.82) is 0 Å². The van der Waals surface area contributed by atoms with E-state index < -0.39 is 0 Å². The van der Waals surface area contributed by atoms with Crippen molar-refractivity contribution < 1.29 is 9.18 Å². The average Bonchev–Trinajstić information content (AvgIpc) is 2.42. The van der Waals surface area contributed by atoms with Gasteiger partial charge in [0, 0.05) is 12.5 Å². The van der Waals surface area contributed by atoms with Gasteiger partial charge in [0.1, 0.15) is 5.82 Å². The summed E-state index contributed by atoms with van der Waals surface area (Å²) in [4.78, 5) is 14.3. The second-order valence-corrected chi connectivity index (χ2v) is 6.17. The summed E-state index contributed by atoms with van der Waals surface area (Å²) in [6.07, 6.45) is 5.32. The molecule has 2 nitrogen and oxygen atoms in total. The molecule has 3 heteroatoms. The molecule has 0 heterocycles. The maximum absolute atomic E-state index is 12.8. The first-order chi connectivity index (χ1) is 9.54. The monoisotopic (exact) mass is 277 g/mol. The Morgan fingerprint density at radius 3 is 2.40 bits per heavy atom. The molecule has 2 rings (SSSR count). The van der Waals surface area contributed by atoms with Gasteiger partial charge < -0.3 is 0 Å². The van der Waals surface area contributed by atoms with Crippen LogP contribution in [0.25, 0.3) is 0 Å². The highest BCUT2D eigenvalue weighted by atomic mass is 19.1. The van der Waals surface area contributed by atoms with E-state index in [1.54, 1.807) is 12.1 Å². The first-order valence-corrected chi connectivity index (χ1v) is 7.51. The van der Waals surface area contributed by atoms with Crippen molar-refractivity contribution in [2.45, 2.75) is 45.1 Å². The predicted octanol–water partition coefficient (Wildman–Crippen LogP) is 3.45. The van der Waals surface area contributed by atoms with Crippen LogP contribution < -0.4 is 0 Å². The molecule has 1 aromatic rings. The molecular formula is C17H24FNO. The van der Waals surface area contributed by atoms with Crippen LogP contribution in [0.15, 0.2) is 24.3 Å². The minimum atomic E-state index is -0.255. The van der Waals surface area contributed by atoms with Gasteiger partial charge in [0.25, 0.3) is 0 Å². The fourth-order valence-corrected chi connectivity index (χ4v) is 2.98. The van der Waals surface area contributed by atoms with Crippen LogP contribution in [0.2, 0.25) is 0 Å². The lowest BCUT2D eigenvalue weighted by atomic mass is 9.86. The molecule has 0 unspecified atom stereocenters. The SMILES string of the molecule is CC1CCC(N(C)CC(=O)Cc2ccc(F)cc2)CC1. The third kappa shape index (κ3) is 4.41. The van der Waals surface area contributed by atoms with E-state index in [9.17, 15) is 9.18 Å². The molecule has 0 radical (unpaired) electrons. The molecule has 1 aliphatic carbocycles. The molecule has 110 valence electrons. The van der Waals surface area contributed by atoms with Gasteiger partial charge in [-0.1, -0.05) is 19.1 Å². The van der Waals surface area contributed by atoms with Gasteiger partial charge in [-0.3, -0.25) is 9.69 Å². The van der Waals surface area contributed by atoms with Crippen LogP contribution in [0.3, 0.4) is 0 Å². The number of hydrogen-bond acceptors (Lipinski definition) is 2. The van der Waals surface area contributed by atoms with Crippen LogP contribution in [0.5, 0.6) is 0 Å². The van der Waals surface area contributed by atoms with E-state index in [0.29, 0.717) is 19.0 Å². The van der Waals surface area contributed by atoms with E-state index in [-0.39, 0.29) is 11.6 Å². The number of rotatable bonds is 5. The molecule has 20 heavy (non-hydrogen) atoms. The second-order valence-electron chi connectivity index (χ2n) is 6.17. The molecule has 0 N–H and O–H groups in total. The highest BCUT2D eigenvalue weighted by Gasteiger charge is 2.22. The maximum Gasteiger partial charge on any atom is 0.151 e. The van der Waals surface area contributed by atoms with E-state index in [4.69, 9.17) is 0 Å². The van der Waals surface area contributed by atoms with E-state index in [1.165, 1.54) is 37.8 Å². The number of Topliss-reactive ketones (excluding diaryl/α,β-unsaturated/α-hetero) is 1. The number of carbonyl (C=O) groups is 1. The Morgan fingerprint density at radius 1 is 1.20 bits per heavy atom. The van der Waals surface area contributed by atoms with Gasteiger partial charge in [0.05, 0.1) is 6.54 Å². The molecule has 0 saturated heterocycles. The first-order valence-electron chi connectivity index (χ1n) is 7.51. The number of ketones is 1. The van der Waals surface area contributed by atoms with Gasteiger partial charge in [-0.2, -0.15) is 0 Å². The normalized spacial score (nSPS) is 23.0. The smallest absolute Gasteiger partial charge is 0.151 e. The van der Waals surface area contributed by atoms with Crippen LogP contribution >= 0.6 is 0 Å². The predicted molar refractivity (Wildman–Crippen MR) is 79.2 cm³/mol. The van der Waals surface area contributed by atoms with Crippen molar-refractivity contribution in [1.82, 2.24) is 4.90 Å². The molecule has 0 atom stereocenters. The van der Waals surface area contributed by atoms with Crippen LogP contribution in [0.4, 0.5) is 4.39 Å². The topological polar surface area (TPSA) is 20.3 Å². The number of likely N-dealkylation sites (N-methyl/N-ethyl adjacent to an activating group) is 1. The summed E-state index contributed by atoms with van der Waals surface area (Å²) in [5.74, 6) is 0.780. The minimum absolute atomic E-state index is 0.206. The Morgan fingerprint density at radius 2 is 1.80 bits per heavy atom. The summed E-state index contributed by atoms with van der Waals surface area (Å²) < 4.78 is 12.8. The van der Waals surface area contributed by atoms with Crippen molar-refractivity contribution in [3.63, 3.8) is 0 Å². The second kappa shape index (κ2) is 6.98. The van der Waals surface area contributed by atoms with E-state index >= 15 is 0 Å². The molecule has 0 amide bonds. The standard InChI is InChI=1S/C17H24FNO/c1-13-3-9-16(10-4-13)19(2)12-17(20)11-14-5-7-15(18)8-6-14/h5-8,13,16H,3-4,9-12H2,1-2H3. The Balaban J connectivity index is 1.80. The minimum Gasteiger partial charge on any atom is -0.298 e. The van der Waals surface area contributed by atoms with Crippen molar-refractivity contribution >= 4 is 5.78 Å². The number of benzene rings is 1. The van der Waals surface area contributed by atoms with Gasteiger partial charge in [0.15, 0.2) is 5.78 Å². The van der Waals surface area contributed by atoms with Crippen LogP contribution in [-0.2, 0) is 11.2 Å². The zero-order valence-corrected chi connectivity index (χ0v) is 12.4. The lowest BCUT2D eigenvalue weighted by molar-refractivity contribution is -0.119. The molecule has 0 spiro atoms. The molecule has 1 aromatic carbocycles. The van der Waals surface area contributed by atoms with Gasteiger partial charge in [-0.15, -0.1) is 0 Å². The van der Waals surface area contributed by atoms with E-state index in [1.807, 2.05) is 7.05 Å². The Kier molecular flexibility index (Phi) is 5.30. The third-order valence-corrected chi connectivity index (χ3v) is 4.35. The van der Waals surface area contributed by atoms with Crippen molar-refractivity contribution in [3.8, 4) is 0 Å². The quantitative estimate of drug-likeness (QED) is 0.821.